The fourth-order valence-corrected chi connectivity index (χ4v) is 7.96. The molecule has 11 nitrogen and oxygen atoms in total. The highest BCUT2D eigenvalue weighted by Gasteiger charge is 2.44. The maximum Gasteiger partial charge on any atom is 0.249 e. The standard InChI is InChI=1S/C48H93NO10/c1-3-5-7-9-11-13-15-16-17-18-19-20-21-22-23-24-26-28-30-32-34-36-41(52)47(57)49-39(38-58-48-46(56)45(55)44(54)42(37-50)59-48)43(53)40(51)35-33-31-29-27-25-14-12-10-8-6-4-2/h21-22,39-46,48,50-56H,3-20,23-38H2,1-2H3,(H,49,57)/b22-21-. The van der Waals surface area contributed by atoms with Crippen molar-refractivity contribution in [3.63, 3.8) is 0 Å². The second-order valence-electron chi connectivity index (χ2n) is 17.5. The fraction of sp³-hybridized carbons (Fsp3) is 0.938. The Hall–Kier alpha value is -1.15. The lowest BCUT2D eigenvalue weighted by Gasteiger charge is -2.40. The van der Waals surface area contributed by atoms with Crippen LogP contribution in [0.1, 0.15) is 219 Å². The number of hydrogen-bond acceptors (Lipinski definition) is 10. The SMILES string of the molecule is CCCCCCCCCCCCC/C=C\CCCCCCCCC(O)C(=O)NC(COC1OC(CO)C(O)C(O)C1O)C(O)C(O)CCCCCCCCCCCCC. The Morgan fingerprint density at radius 3 is 1.42 bits per heavy atom. The van der Waals surface area contributed by atoms with E-state index >= 15 is 0 Å². The summed E-state index contributed by atoms with van der Waals surface area (Å²) >= 11 is 0. The van der Waals surface area contributed by atoms with Gasteiger partial charge in [-0.05, 0) is 38.5 Å². The normalized spacial score (nSPS) is 21.8. The molecular weight excluding hydrogens is 751 g/mol. The van der Waals surface area contributed by atoms with Crippen LogP contribution in [0, 0.1) is 0 Å². The number of carbonyl (C=O) groups excluding carboxylic acids is 1. The molecule has 0 radical (unpaired) electrons. The first-order valence-corrected chi connectivity index (χ1v) is 24.6. The molecule has 1 amide bonds. The first-order chi connectivity index (χ1) is 28.7. The van der Waals surface area contributed by atoms with Gasteiger partial charge in [-0.25, -0.2) is 0 Å². The van der Waals surface area contributed by atoms with E-state index in [0.717, 1.165) is 51.4 Å². The summed E-state index contributed by atoms with van der Waals surface area (Å²) in [5.41, 5.74) is 0. The van der Waals surface area contributed by atoms with Gasteiger partial charge in [-0.15, -0.1) is 0 Å². The zero-order valence-electron chi connectivity index (χ0n) is 37.7. The number of aliphatic hydroxyl groups excluding tert-OH is 7. The van der Waals surface area contributed by atoms with Gasteiger partial charge in [-0.1, -0.05) is 193 Å². The predicted octanol–water partition coefficient (Wildman–Crippen LogP) is 8.45. The van der Waals surface area contributed by atoms with E-state index in [9.17, 15) is 40.5 Å². The zero-order valence-corrected chi connectivity index (χ0v) is 37.7. The Kier molecular flexibility index (Phi) is 36.5. The lowest BCUT2D eigenvalue weighted by molar-refractivity contribution is -0.303. The Balaban J connectivity index is 2.37. The molecule has 350 valence electrons. The van der Waals surface area contributed by atoms with Crippen molar-refractivity contribution in [2.24, 2.45) is 0 Å². The molecule has 0 spiro atoms. The minimum absolute atomic E-state index is 0.255. The van der Waals surface area contributed by atoms with E-state index in [-0.39, 0.29) is 6.42 Å². The van der Waals surface area contributed by atoms with Crippen molar-refractivity contribution in [2.45, 2.75) is 274 Å². The Labute approximate surface area is 360 Å². The molecular formula is C48H93NO10. The molecule has 0 aromatic rings. The average molecular weight is 844 g/mol. The minimum Gasteiger partial charge on any atom is -0.394 e. The van der Waals surface area contributed by atoms with Crippen LogP contribution < -0.4 is 5.32 Å². The molecule has 0 bridgehead atoms. The summed E-state index contributed by atoms with van der Waals surface area (Å²) in [5, 5.41) is 75.6. The fourth-order valence-electron chi connectivity index (χ4n) is 7.96. The summed E-state index contributed by atoms with van der Waals surface area (Å²) in [6.07, 6.45) is 29.8. The summed E-state index contributed by atoms with van der Waals surface area (Å²) in [6, 6.07) is -1.17. The van der Waals surface area contributed by atoms with Gasteiger partial charge in [0.1, 0.15) is 36.6 Å². The van der Waals surface area contributed by atoms with Crippen molar-refractivity contribution in [1.82, 2.24) is 5.32 Å². The molecule has 9 atom stereocenters. The van der Waals surface area contributed by atoms with Crippen molar-refractivity contribution in [3.8, 4) is 0 Å². The van der Waals surface area contributed by atoms with Gasteiger partial charge in [0.2, 0.25) is 5.91 Å². The number of allylic oxidation sites excluding steroid dienone is 2. The number of rotatable bonds is 41. The van der Waals surface area contributed by atoms with Gasteiger partial charge < -0.3 is 50.5 Å². The van der Waals surface area contributed by atoms with E-state index < -0.39 is 74.2 Å². The lowest BCUT2D eigenvalue weighted by atomic mass is 9.98. The molecule has 59 heavy (non-hydrogen) atoms. The van der Waals surface area contributed by atoms with Crippen LogP contribution >= 0.6 is 0 Å². The molecule has 8 N–H and O–H groups in total. The average Bonchev–Trinajstić information content (AvgIpc) is 3.23. The van der Waals surface area contributed by atoms with Gasteiger partial charge in [-0.3, -0.25) is 4.79 Å². The predicted molar refractivity (Wildman–Crippen MR) is 238 cm³/mol. The van der Waals surface area contributed by atoms with Crippen molar-refractivity contribution < 1.29 is 50.0 Å². The maximum atomic E-state index is 13.1. The molecule has 1 heterocycles. The third kappa shape index (κ3) is 28.2. The molecule has 0 aromatic heterocycles. The zero-order chi connectivity index (χ0) is 43.4. The number of carbonyl (C=O) groups is 1. The van der Waals surface area contributed by atoms with Gasteiger partial charge in [0, 0.05) is 0 Å². The van der Waals surface area contributed by atoms with Crippen LogP contribution in [0.25, 0.3) is 0 Å². The Morgan fingerprint density at radius 2 is 0.983 bits per heavy atom. The summed E-state index contributed by atoms with van der Waals surface area (Å²) in [6.45, 7) is 3.43. The third-order valence-corrected chi connectivity index (χ3v) is 12.1. The molecule has 1 aliphatic rings. The van der Waals surface area contributed by atoms with Gasteiger partial charge in [0.15, 0.2) is 6.29 Å². The molecule has 11 heteroatoms. The van der Waals surface area contributed by atoms with E-state index in [0.29, 0.717) is 19.3 Å². The van der Waals surface area contributed by atoms with Crippen LogP contribution in [0.15, 0.2) is 12.2 Å². The van der Waals surface area contributed by atoms with Crippen LogP contribution in [0.4, 0.5) is 0 Å². The second-order valence-corrected chi connectivity index (χ2v) is 17.5. The minimum atomic E-state index is -1.66. The Morgan fingerprint density at radius 1 is 0.576 bits per heavy atom. The quantitative estimate of drug-likeness (QED) is 0.0219. The van der Waals surface area contributed by atoms with E-state index in [1.807, 2.05) is 0 Å². The topological polar surface area (TPSA) is 189 Å². The smallest absolute Gasteiger partial charge is 0.249 e. The van der Waals surface area contributed by atoms with E-state index in [2.05, 4.69) is 31.3 Å². The summed E-state index contributed by atoms with van der Waals surface area (Å²) in [4.78, 5) is 13.1. The van der Waals surface area contributed by atoms with Gasteiger partial charge >= 0.3 is 0 Å². The van der Waals surface area contributed by atoms with E-state index in [4.69, 9.17) is 9.47 Å². The van der Waals surface area contributed by atoms with Crippen LogP contribution in [-0.2, 0) is 14.3 Å². The monoisotopic (exact) mass is 844 g/mol. The number of ether oxygens (including phenoxy) is 2. The highest BCUT2D eigenvalue weighted by atomic mass is 16.7. The molecule has 1 fully saturated rings. The van der Waals surface area contributed by atoms with Crippen LogP contribution in [0.2, 0.25) is 0 Å². The lowest BCUT2D eigenvalue weighted by Crippen LogP contribution is -2.60. The largest absolute Gasteiger partial charge is 0.394 e. The summed E-state index contributed by atoms with van der Waals surface area (Å²) < 4.78 is 11.1. The number of nitrogens with one attached hydrogen (secondary N) is 1. The first-order valence-electron chi connectivity index (χ1n) is 24.6. The van der Waals surface area contributed by atoms with E-state index in [1.165, 1.54) is 128 Å². The molecule has 0 aromatic carbocycles. The van der Waals surface area contributed by atoms with Gasteiger partial charge in [0.25, 0.3) is 0 Å². The van der Waals surface area contributed by atoms with Crippen molar-refractivity contribution >= 4 is 5.91 Å². The Bertz CT molecular complexity index is 970. The highest BCUT2D eigenvalue weighted by Crippen LogP contribution is 2.23. The third-order valence-electron chi connectivity index (χ3n) is 12.1. The van der Waals surface area contributed by atoms with Gasteiger partial charge in [0.05, 0.1) is 25.4 Å². The summed E-state index contributed by atoms with van der Waals surface area (Å²) in [5.74, 6) is -0.701. The summed E-state index contributed by atoms with van der Waals surface area (Å²) in [7, 11) is 0. The van der Waals surface area contributed by atoms with Crippen molar-refractivity contribution in [3.05, 3.63) is 12.2 Å². The molecule has 1 saturated heterocycles. The van der Waals surface area contributed by atoms with Crippen molar-refractivity contribution in [1.29, 1.82) is 0 Å². The van der Waals surface area contributed by atoms with Crippen LogP contribution in [-0.4, -0.2) is 110 Å². The van der Waals surface area contributed by atoms with Gasteiger partial charge in [-0.2, -0.15) is 0 Å². The van der Waals surface area contributed by atoms with Crippen molar-refractivity contribution in [2.75, 3.05) is 13.2 Å². The molecule has 0 saturated carbocycles. The maximum absolute atomic E-state index is 13.1. The van der Waals surface area contributed by atoms with Crippen LogP contribution in [0.3, 0.4) is 0 Å². The molecule has 0 aliphatic carbocycles. The molecule has 1 aliphatic heterocycles. The number of unbranched alkanes of at least 4 members (excludes halogenated alkanes) is 27. The number of aliphatic hydroxyl groups is 7. The number of amides is 1. The molecule has 1 rings (SSSR count). The van der Waals surface area contributed by atoms with Crippen LogP contribution in [0.5, 0.6) is 0 Å². The second kappa shape index (κ2) is 38.5. The first kappa shape index (κ1) is 55.9. The molecule has 9 unspecified atom stereocenters. The number of hydrogen-bond donors (Lipinski definition) is 8. The highest BCUT2D eigenvalue weighted by molar-refractivity contribution is 5.80. The van der Waals surface area contributed by atoms with E-state index in [1.54, 1.807) is 0 Å².